The molecule has 2 atom stereocenters. The number of benzene rings is 1. The summed E-state index contributed by atoms with van der Waals surface area (Å²) in [5.41, 5.74) is 1.26. The Morgan fingerprint density at radius 2 is 2.11 bits per heavy atom. The Morgan fingerprint density at radius 3 is 2.67 bits per heavy atom. The van der Waals surface area contributed by atoms with Crippen molar-refractivity contribution in [3.63, 3.8) is 0 Å². The van der Waals surface area contributed by atoms with Crippen LogP contribution in [0.5, 0.6) is 5.75 Å². The molecular weight excluding hydrogens is 230 g/mol. The summed E-state index contributed by atoms with van der Waals surface area (Å²) in [6.07, 6.45) is 1.01. The fourth-order valence-corrected chi connectivity index (χ4v) is 2.61. The number of likely N-dealkylation sites (tertiary alicyclic amines) is 1. The van der Waals surface area contributed by atoms with Gasteiger partial charge in [-0.05, 0) is 37.0 Å². The minimum atomic E-state index is -0.753. The van der Waals surface area contributed by atoms with Gasteiger partial charge in [-0.1, -0.05) is 12.1 Å². The van der Waals surface area contributed by atoms with E-state index in [-0.39, 0.29) is 6.54 Å². The van der Waals surface area contributed by atoms with E-state index in [1.54, 1.807) is 7.11 Å². The molecule has 1 aliphatic rings. The van der Waals surface area contributed by atoms with Crippen molar-refractivity contribution < 1.29 is 14.6 Å². The van der Waals surface area contributed by atoms with Crippen LogP contribution in [0.2, 0.25) is 0 Å². The number of aliphatic carboxylic acids is 1. The van der Waals surface area contributed by atoms with E-state index in [4.69, 9.17) is 9.84 Å². The summed E-state index contributed by atoms with van der Waals surface area (Å²) in [5, 5.41) is 8.86. The first kappa shape index (κ1) is 12.9. The van der Waals surface area contributed by atoms with Gasteiger partial charge in [-0.2, -0.15) is 0 Å². The third-order valence-electron chi connectivity index (χ3n) is 3.63. The van der Waals surface area contributed by atoms with Crippen LogP contribution in [-0.4, -0.2) is 42.2 Å². The molecule has 1 aromatic carbocycles. The first-order valence-corrected chi connectivity index (χ1v) is 6.20. The lowest BCUT2D eigenvalue weighted by Gasteiger charge is -2.17. The van der Waals surface area contributed by atoms with Crippen molar-refractivity contribution in [2.45, 2.75) is 25.3 Å². The van der Waals surface area contributed by atoms with Crippen LogP contribution in [0.3, 0.4) is 0 Å². The van der Waals surface area contributed by atoms with Crippen molar-refractivity contribution in [1.29, 1.82) is 0 Å². The molecule has 1 aliphatic heterocycles. The van der Waals surface area contributed by atoms with E-state index in [2.05, 4.69) is 19.1 Å². The standard InChI is InChI=1S/C14H19NO3/c1-10-7-12(8-15(10)9-14(16)17)11-3-5-13(18-2)6-4-11/h3-6,10,12H,7-9H2,1-2H3,(H,16,17)/t10-,12-/m0/s1. The zero-order chi connectivity index (χ0) is 13.1. The zero-order valence-corrected chi connectivity index (χ0v) is 10.8. The number of rotatable bonds is 4. The summed E-state index contributed by atoms with van der Waals surface area (Å²) in [6, 6.07) is 8.38. The third kappa shape index (κ3) is 2.82. The Morgan fingerprint density at radius 1 is 1.44 bits per heavy atom. The molecule has 0 bridgehead atoms. The molecule has 1 saturated heterocycles. The molecule has 0 aromatic heterocycles. The first-order chi connectivity index (χ1) is 8.60. The zero-order valence-electron chi connectivity index (χ0n) is 10.8. The highest BCUT2D eigenvalue weighted by atomic mass is 16.5. The number of hydrogen-bond acceptors (Lipinski definition) is 3. The van der Waals surface area contributed by atoms with Crippen LogP contribution >= 0.6 is 0 Å². The molecular formula is C14H19NO3. The van der Waals surface area contributed by atoms with Crippen LogP contribution < -0.4 is 4.74 Å². The summed E-state index contributed by atoms with van der Waals surface area (Å²) in [7, 11) is 1.65. The number of carboxylic acids is 1. The number of methoxy groups -OCH3 is 1. The smallest absolute Gasteiger partial charge is 0.317 e. The van der Waals surface area contributed by atoms with Gasteiger partial charge in [0.1, 0.15) is 5.75 Å². The Bertz CT molecular complexity index is 416. The van der Waals surface area contributed by atoms with Gasteiger partial charge in [-0.15, -0.1) is 0 Å². The summed E-state index contributed by atoms with van der Waals surface area (Å²) in [4.78, 5) is 12.8. The topological polar surface area (TPSA) is 49.8 Å². The van der Waals surface area contributed by atoms with Crippen LogP contribution in [-0.2, 0) is 4.79 Å². The molecule has 4 heteroatoms. The predicted octanol–water partition coefficient (Wildman–Crippen LogP) is 1.96. The summed E-state index contributed by atoms with van der Waals surface area (Å²) in [5.74, 6) is 0.523. The number of carbonyl (C=O) groups is 1. The molecule has 0 radical (unpaired) electrons. The van der Waals surface area contributed by atoms with Crippen molar-refractivity contribution >= 4 is 5.97 Å². The van der Waals surface area contributed by atoms with E-state index in [0.29, 0.717) is 12.0 Å². The van der Waals surface area contributed by atoms with E-state index in [1.807, 2.05) is 17.0 Å². The van der Waals surface area contributed by atoms with Gasteiger partial charge in [-0.3, -0.25) is 9.69 Å². The number of nitrogens with zero attached hydrogens (tertiary/aromatic N) is 1. The van der Waals surface area contributed by atoms with Crippen LogP contribution in [0.1, 0.15) is 24.8 Å². The second-order valence-electron chi connectivity index (χ2n) is 4.88. The minimum Gasteiger partial charge on any atom is -0.497 e. The molecule has 1 N–H and O–H groups in total. The summed E-state index contributed by atoms with van der Waals surface area (Å²) >= 11 is 0. The first-order valence-electron chi connectivity index (χ1n) is 6.20. The van der Waals surface area contributed by atoms with E-state index < -0.39 is 5.97 Å². The fourth-order valence-electron chi connectivity index (χ4n) is 2.61. The number of carboxylic acid groups (broad SMARTS) is 1. The maximum absolute atomic E-state index is 10.8. The summed E-state index contributed by atoms with van der Waals surface area (Å²) < 4.78 is 5.14. The van der Waals surface area contributed by atoms with Crippen molar-refractivity contribution in [2.75, 3.05) is 20.2 Å². The summed E-state index contributed by atoms with van der Waals surface area (Å²) in [6.45, 7) is 3.04. The van der Waals surface area contributed by atoms with Crippen LogP contribution in [0, 0.1) is 0 Å². The van der Waals surface area contributed by atoms with Crippen LogP contribution in [0.25, 0.3) is 0 Å². The van der Waals surface area contributed by atoms with Crippen LogP contribution in [0.4, 0.5) is 0 Å². The molecule has 98 valence electrons. The molecule has 18 heavy (non-hydrogen) atoms. The lowest BCUT2D eigenvalue weighted by molar-refractivity contribution is -0.138. The highest BCUT2D eigenvalue weighted by Gasteiger charge is 2.30. The van der Waals surface area contributed by atoms with E-state index >= 15 is 0 Å². The van der Waals surface area contributed by atoms with Gasteiger partial charge in [0, 0.05) is 12.6 Å². The number of hydrogen-bond donors (Lipinski definition) is 1. The average Bonchev–Trinajstić information content (AvgIpc) is 2.70. The molecule has 0 spiro atoms. The Hall–Kier alpha value is -1.55. The van der Waals surface area contributed by atoms with Gasteiger partial charge in [-0.25, -0.2) is 0 Å². The Labute approximate surface area is 107 Å². The maximum Gasteiger partial charge on any atom is 0.317 e. The van der Waals surface area contributed by atoms with Gasteiger partial charge in [0.2, 0.25) is 0 Å². The van der Waals surface area contributed by atoms with Crippen molar-refractivity contribution in [3.05, 3.63) is 29.8 Å². The van der Waals surface area contributed by atoms with Gasteiger partial charge >= 0.3 is 5.97 Å². The molecule has 4 nitrogen and oxygen atoms in total. The molecule has 0 saturated carbocycles. The largest absolute Gasteiger partial charge is 0.497 e. The number of ether oxygens (including phenoxy) is 1. The lowest BCUT2D eigenvalue weighted by atomic mass is 9.97. The van der Waals surface area contributed by atoms with E-state index in [9.17, 15) is 4.79 Å². The van der Waals surface area contributed by atoms with Gasteiger partial charge in [0.15, 0.2) is 0 Å². The quantitative estimate of drug-likeness (QED) is 0.886. The lowest BCUT2D eigenvalue weighted by Crippen LogP contribution is -2.32. The van der Waals surface area contributed by atoms with Gasteiger partial charge in [0.05, 0.1) is 13.7 Å². The molecule has 1 aromatic rings. The van der Waals surface area contributed by atoms with Crippen molar-refractivity contribution in [1.82, 2.24) is 4.90 Å². The predicted molar refractivity (Wildman–Crippen MR) is 69.0 cm³/mol. The molecule has 1 fully saturated rings. The molecule has 0 aliphatic carbocycles. The molecule has 0 amide bonds. The third-order valence-corrected chi connectivity index (χ3v) is 3.63. The van der Waals surface area contributed by atoms with Crippen molar-refractivity contribution in [3.8, 4) is 5.75 Å². The van der Waals surface area contributed by atoms with Gasteiger partial charge < -0.3 is 9.84 Å². The Balaban J connectivity index is 2.04. The Kier molecular flexibility index (Phi) is 3.87. The van der Waals surface area contributed by atoms with Crippen LogP contribution in [0.15, 0.2) is 24.3 Å². The van der Waals surface area contributed by atoms with Gasteiger partial charge in [0.25, 0.3) is 0 Å². The van der Waals surface area contributed by atoms with E-state index in [0.717, 1.165) is 18.7 Å². The molecule has 1 heterocycles. The molecule has 2 rings (SSSR count). The van der Waals surface area contributed by atoms with Crippen molar-refractivity contribution in [2.24, 2.45) is 0 Å². The minimum absolute atomic E-state index is 0.133. The molecule has 0 unspecified atom stereocenters. The monoisotopic (exact) mass is 249 g/mol. The van der Waals surface area contributed by atoms with E-state index in [1.165, 1.54) is 5.56 Å². The highest BCUT2D eigenvalue weighted by molar-refractivity contribution is 5.69. The normalized spacial score (nSPS) is 24.1. The average molecular weight is 249 g/mol. The SMILES string of the molecule is COc1ccc([C@H]2C[C@H](C)N(CC(=O)O)C2)cc1. The second kappa shape index (κ2) is 5.40. The second-order valence-corrected chi connectivity index (χ2v) is 4.88. The maximum atomic E-state index is 10.8. The highest BCUT2D eigenvalue weighted by Crippen LogP contribution is 2.32. The fraction of sp³-hybridized carbons (Fsp3) is 0.500.